The van der Waals surface area contributed by atoms with Gasteiger partial charge in [-0.05, 0) is 24.3 Å². The minimum absolute atomic E-state index is 0.0657. The van der Waals surface area contributed by atoms with Gasteiger partial charge in [-0.15, -0.1) is 10.2 Å². The van der Waals surface area contributed by atoms with Crippen LogP contribution in [0.3, 0.4) is 0 Å². The van der Waals surface area contributed by atoms with E-state index in [1.54, 1.807) is 30.3 Å². The van der Waals surface area contributed by atoms with E-state index in [4.69, 9.17) is 0 Å². The van der Waals surface area contributed by atoms with E-state index in [1.165, 1.54) is 0 Å². The second-order valence-corrected chi connectivity index (χ2v) is 8.99. The molecule has 6 nitrogen and oxygen atoms in total. The van der Waals surface area contributed by atoms with E-state index >= 15 is 0 Å². The van der Waals surface area contributed by atoms with Crippen LogP contribution in [0.2, 0.25) is 0 Å². The first-order chi connectivity index (χ1) is 12.7. The molecule has 1 atom stereocenters. The van der Waals surface area contributed by atoms with Crippen LogP contribution in [0, 0.1) is 0 Å². The average molecular weight is 417 g/mol. The molecule has 0 fully saturated rings. The number of halogens is 3. The average Bonchev–Trinajstić information content (AvgIpc) is 3.44. The van der Waals surface area contributed by atoms with E-state index in [0.717, 1.165) is 24.3 Å². The fourth-order valence-electron chi connectivity index (χ4n) is 2.35. The Morgan fingerprint density at radius 3 is 2.11 bits per heavy atom. The minimum atomic E-state index is -4.67. The van der Waals surface area contributed by atoms with Gasteiger partial charge in [0.25, 0.3) is 0 Å². The van der Waals surface area contributed by atoms with Gasteiger partial charge in [-0.3, -0.25) is 4.21 Å². The van der Waals surface area contributed by atoms with Crippen LogP contribution in [0.5, 0.6) is 0 Å². The van der Waals surface area contributed by atoms with E-state index < -0.39 is 32.7 Å². The summed E-state index contributed by atoms with van der Waals surface area (Å²) in [6.07, 6.45) is -4.67. The summed E-state index contributed by atoms with van der Waals surface area (Å²) < 4.78 is 77.7. The second-order valence-electron chi connectivity index (χ2n) is 5.65. The van der Waals surface area contributed by atoms with Crippen LogP contribution in [0.1, 0.15) is 5.56 Å². The molecule has 0 saturated carbocycles. The normalized spacial score (nSPS) is 16.9. The Hall–Kier alpha value is -2.11. The Bertz CT molecular complexity index is 969. The van der Waals surface area contributed by atoms with Crippen molar-refractivity contribution < 1.29 is 25.8 Å². The van der Waals surface area contributed by atoms with Gasteiger partial charge in [0.05, 0.1) is 15.7 Å². The van der Waals surface area contributed by atoms with Gasteiger partial charge >= 0.3 is 11.8 Å². The monoisotopic (exact) mass is 417 g/mol. The molecule has 2 aromatic carbocycles. The summed E-state index contributed by atoms with van der Waals surface area (Å²) in [5.41, 5.74) is -2.84. The van der Waals surface area contributed by atoms with E-state index in [9.17, 15) is 25.8 Å². The maximum Gasteiger partial charge on any atom is 0.442 e. The van der Waals surface area contributed by atoms with Crippen molar-refractivity contribution in [1.82, 2.24) is 4.72 Å². The summed E-state index contributed by atoms with van der Waals surface area (Å²) in [5, 5.41) is 6.13. The topological polar surface area (TPSA) is 88.0 Å². The fraction of sp³-hybridized carbons (Fsp3) is 0.250. The predicted molar refractivity (Wildman–Crippen MR) is 91.9 cm³/mol. The number of hydrogen-bond donors (Lipinski definition) is 1. The molecule has 1 N–H and O–H groups in total. The van der Waals surface area contributed by atoms with Crippen molar-refractivity contribution in [2.45, 2.75) is 21.6 Å². The number of benzene rings is 2. The Kier molecular flexibility index (Phi) is 5.19. The second kappa shape index (κ2) is 7.13. The van der Waals surface area contributed by atoms with Crippen LogP contribution in [-0.4, -0.2) is 31.1 Å². The largest absolute Gasteiger partial charge is 0.442 e. The van der Waals surface area contributed by atoms with E-state index in [2.05, 4.69) is 15.0 Å². The molecule has 3 rings (SSSR count). The van der Waals surface area contributed by atoms with E-state index in [1.807, 2.05) is 0 Å². The molecule has 27 heavy (non-hydrogen) atoms. The van der Waals surface area contributed by atoms with Crippen molar-refractivity contribution in [3.63, 3.8) is 0 Å². The molecular weight excluding hydrogens is 403 g/mol. The van der Waals surface area contributed by atoms with Crippen LogP contribution in [-0.2, 0) is 26.5 Å². The van der Waals surface area contributed by atoms with Gasteiger partial charge in [-0.25, -0.2) is 13.1 Å². The third kappa shape index (κ3) is 4.09. The van der Waals surface area contributed by atoms with Gasteiger partial charge in [0.15, 0.2) is 0 Å². The van der Waals surface area contributed by atoms with Crippen LogP contribution in [0.25, 0.3) is 0 Å². The molecule has 0 amide bonds. The quantitative estimate of drug-likeness (QED) is 0.751. The highest BCUT2D eigenvalue weighted by Crippen LogP contribution is 2.52. The van der Waals surface area contributed by atoms with E-state index in [-0.39, 0.29) is 22.8 Å². The zero-order valence-corrected chi connectivity index (χ0v) is 15.3. The molecule has 1 heterocycles. The van der Waals surface area contributed by atoms with Crippen LogP contribution in [0.15, 0.2) is 74.6 Å². The standard InChI is InChI=1S/C16H14F3N3O3S2/c17-16(18,19)15(21-22-15)12-6-8-14(9-7-12)27(24,25)20-10-11-26(23)13-4-2-1-3-5-13/h1-9,20H,10-11H2. The summed E-state index contributed by atoms with van der Waals surface area (Å²) in [7, 11) is -5.31. The van der Waals surface area contributed by atoms with Crippen molar-refractivity contribution in [1.29, 1.82) is 0 Å². The maximum absolute atomic E-state index is 13.0. The third-order valence-electron chi connectivity index (χ3n) is 3.85. The highest BCUT2D eigenvalue weighted by Gasteiger charge is 2.65. The number of hydrogen-bond acceptors (Lipinski definition) is 5. The summed E-state index contributed by atoms with van der Waals surface area (Å²) >= 11 is 0. The summed E-state index contributed by atoms with van der Waals surface area (Å²) in [5.74, 6) is 0.0657. The van der Waals surface area contributed by atoms with Crippen molar-refractivity contribution >= 4 is 20.8 Å². The minimum Gasteiger partial charge on any atom is -0.254 e. The predicted octanol–water partition coefficient (Wildman–Crippen LogP) is 2.95. The zero-order chi connectivity index (χ0) is 19.7. The first-order valence-electron chi connectivity index (χ1n) is 7.70. The summed E-state index contributed by atoms with van der Waals surface area (Å²) in [4.78, 5) is 0.380. The van der Waals surface area contributed by atoms with Crippen molar-refractivity contribution in [2.24, 2.45) is 10.2 Å². The molecule has 1 unspecified atom stereocenters. The van der Waals surface area contributed by atoms with Crippen LogP contribution in [0.4, 0.5) is 13.2 Å². The zero-order valence-electron chi connectivity index (χ0n) is 13.7. The molecule has 1 aliphatic heterocycles. The van der Waals surface area contributed by atoms with Crippen molar-refractivity contribution in [3.05, 3.63) is 60.2 Å². The fourth-order valence-corrected chi connectivity index (χ4v) is 4.50. The number of alkyl halides is 3. The number of rotatable bonds is 7. The SMILES string of the molecule is O=S(CCNS(=O)(=O)c1ccc(C2(C(F)(F)F)N=N2)cc1)c1ccccc1. The van der Waals surface area contributed by atoms with E-state index in [0.29, 0.717) is 4.90 Å². The van der Waals surface area contributed by atoms with Gasteiger partial charge in [0, 0.05) is 22.8 Å². The van der Waals surface area contributed by atoms with Gasteiger partial charge in [-0.1, -0.05) is 30.3 Å². The summed E-state index contributed by atoms with van der Waals surface area (Å²) in [6.45, 7) is -0.0806. The van der Waals surface area contributed by atoms with Gasteiger partial charge < -0.3 is 0 Å². The lowest BCUT2D eigenvalue weighted by Crippen LogP contribution is -2.30. The lowest BCUT2D eigenvalue weighted by atomic mass is 10.0. The first kappa shape index (κ1) is 19.6. The third-order valence-corrected chi connectivity index (χ3v) is 6.70. The molecule has 144 valence electrons. The van der Waals surface area contributed by atoms with Crippen molar-refractivity contribution in [2.75, 3.05) is 12.3 Å². The van der Waals surface area contributed by atoms with Gasteiger partial charge in [-0.2, -0.15) is 13.2 Å². The Labute approximate surface area is 156 Å². The lowest BCUT2D eigenvalue weighted by Gasteiger charge is -2.15. The molecule has 11 heteroatoms. The van der Waals surface area contributed by atoms with Crippen LogP contribution >= 0.6 is 0 Å². The highest BCUT2D eigenvalue weighted by atomic mass is 32.2. The molecule has 0 bridgehead atoms. The maximum atomic E-state index is 13.0. The number of nitrogens with one attached hydrogen (secondary N) is 1. The molecule has 0 spiro atoms. The number of sulfonamides is 1. The molecule has 2 aromatic rings. The van der Waals surface area contributed by atoms with Crippen LogP contribution < -0.4 is 4.72 Å². The molecule has 1 aliphatic rings. The Balaban J connectivity index is 1.63. The first-order valence-corrected chi connectivity index (χ1v) is 10.5. The number of nitrogens with zero attached hydrogens (tertiary/aromatic N) is 2. The lowest BCUT2D eigenvalue weighted by molar-refractivity contribution is -0.166. The molecule has 0 aromatic heterocycles. The molecule has 0 aliphatic carbocycles. The summed E-state index contributed by atoms with van der Waals surface area (Å²) in [6, 6.07) is 12.8. The smallest absolute Gasteiger partial charge is 0.254 e. The Morgan fingerprint density at radius 1 is 1.00 bits per heavy atom. The molecule has 0 saturated heterocycles. The highest BCUT2D eigenvalue weighted by molar-refractivity contribution is 7.89. The molecule has 0 radical (unpaired) electrons. The Morgan fingerprint density at radius 2 is 1.59 bits per heavy atom. The molecular formula is C16H14F3N3O3S2. The van der Waals surface area contributed by atoms with Crippen molar-refractivity contribution in [3.8, 4) is 0 Å². The van der Waals surface area contributed by atoms with Gasteiger partial charge in [0.1, 0.15) is 0 Å². The van der Waals surface area contributed by atoms with Gasteiger partial charge in [0.2, 0.25) is 10.0 Å².